The molecule has 2 N–H and O–H groups in total. The second kappa shape index (κ2) is 7.64. The standard InChI is InChI=1S/C20H23FN2O3/c1-25-16-9-10-18(26-2)17(13-16)22-19(24)23-20(11-3-4-12-20)14-5-7-15(21)8-6-14/h5-10,13H,3-4,11-12H2,1-2H3,(H2,22,23,24). The zero-order chi connectivity index (χ0) is 18.6. The zero-order valence-electron chi connectivity index (χ0n) is 15.0. The van der Waals surface area contributed by atoms with Gasteiger partial charge in [-0.25, -0.2) is 9.18 Å². The number of urea groups is 1. The number of rotatable bonds is 5. The Morgan fingerprint density at radius 2 is 1.73 bits per heavy atom. The average Bonchev–Trinajstić information content (AvgIpc) is 3.11. The normalized spacial score (nSPS) is 15.3. The molecule has 1 aliphatic rings. The van der Waals surface area contributed by atoms with E-state index in [9.17, 15) is 9.18 Å². The number of nitrogens with one attached hydrogen (secondary N) is 2. The molecule has 2 amide bonds. The van der Waals surface area contributed by atoms with Crippen LogP contribution in [0.3, 0.4) is 0 Å². The molecular weight excluding hydrogens is 335 g/mol. The Hall–Kier alpha value is -2.76. The molecule has 6 heteroatoms. The van der Waals surface area contributed by atoms with E-state index in [0.29, 0.717) is 17.2 Å². The van der Waals surface area contributed by atoms with Gasteiger partial charge >= 0.3 is 6.03 Å². The van der Waals surface area contributed by atoms with Gasteiger partial charge in [-0.2, -0.15) is 0 Å². The van der Waals surface area contributed by atoms with Crippen molar-refractivity contribution in [2.45, 2.75) is 31.2 Å². The number of hydrogen-bond acceptors (Lipinski definition) is 3. The van der Waals surface area contributed by atoms with Crippen molar-refractivity contribution in [3.05, 3.63) is 53.8 Å². The summed E-state index contributed by atoms with van der Waals surface area (Å²) in [6.45, 7) is 0. The smallest absolute Gasteiger partial charge is 0.320 e. The van der Waals surface area contributed by atoms with Crippen molar-refractivity contribution in [2.24, 2.45) is 0 Å². The summed E-state index contributed by atoms with van der Waals surface area (Å²) in [5.74, 6) is 0.880. The monoisotopic (exact) mass is 358 g/mol. The summed E-state index contributed by atoms with van der Waals surface area (Å²) in [5.41, 5.74) is 0.963. The topological polar surface area (TPSA) is 59.6 Å². The van der Waals surface area contributed by atoms with Crippen molar-refractivity contribution in [3.8, 4) is 11.5 Å². The number of amides is 2. The van der Waals surface area contributed by atoms with Crippen LogP contribution in [0.2, 0.25) is 0 Å². The van der Waals surface area contributed by atoms with Crippen molar-refractivity contribution in [3.63, 3.8) is 0 Å². The van der Waals surface area contributed by atoms with Gasteiger partial charge in [-0.15, -0.1) is 0 Å². The minimum atomic E-state index is -0.482. The molecule has 0 spiro atoms. The lowest BCUT2D eigenvalue weighted by atomic mass is 9.88. The molecule has 0 heterocycles. The molecule has 0 aliphatic heterocycles. The van der Waals surface area contributed by atoms with E-state index in [1.807, 2.05) is 0 Å². The Morgan fingerprint density at radius 1 is 1.04 bits per heavy atom. The molecule has 26 heavy (non-hydrogen) atoms. The maximum atomic E-state index is 13.3. The molecule has 5 nitrogen and oxygen atoms in total. The Balaban J connectivity index is 1.80. The first-order chi connectivity index (χ1) is 12.6. The lowest BCUT2D eigenvalue weighted by molar-refractivity contribution is 0.236. The zero-order valence-corrected chi connectivity index (χ0v) is 15.0. The molecule has 0 unspecified atom stereocenters. The largest absolute Gasteiger partial charge is 0.497 e. The highest BCUT2D eigenvalue weighted by atomic mass is 19.1. The molecular formula is C20H23FN2O3. The summed E-state index contributed by atoms with van der Waals surface area (Å²) in [5, 5.41) is 5.94. The summed E-state index contributed by atoms with van der Waals surface area (Å²) in [6.07, 6.45) is 3.67. The van der Waals surface area contributed by atoms with Gasteiger partial charge in [0.25, 0.3) is 0 Å². The third-order valence-electron chi connectivity index (χ3n) is 4.86. The third-order valence-corrected chi connectivity index (χ3v) is 4.86. The summed E-state index contributed by atoms with van der Waals surface area (Å²) in [4.78, 5) is 12.7. The number of anilines is 1. The van der Waals surface area contributed by atoms with Crippen LogP contribution in [-0.2, 0) is 5.54 Å². The average molecular weight is 358 g/mol. The maximum absolute atomic E-state index is 13.3. The van der Waals surface area contributed by atoms with Gasteiger partial charge in [0.2, 0.25) is 0 Å². The van der Waals surface area contributed by atoms with Crippen molar-refractivity contribution in [1.29, 1.82) is 0 Å². The third kappa shape index (κ3) is 3.74. The fourth-order valence-electron chi connectivity index (χ4n) is 3.52. The van der Waals surface area contributed by atoms with Crippen LogP contribution in [0.5, 0.6) is 11.5 Å². The van der Waals surface area contributed by atoms with E-state index in [2.05, 4.69) is 10.6 Å². The number of hydrogen-bond donors (Lipinski definition) is 2. The fraction of sp³-hybridized carbons (Fsp3) is 0.350. The first kappa shape index (κ1) is 18.0. The summed E-state index contributed by atoms with van der Waals surface area (Å²) in [6, 6.07) is 11.2. The lowest BCUT2D eigenvalue weighted by Crippen LogP contribution is -2.45. The first-order valence-electron chi connectivity index (χ1n) is 8.63. The fourth-order valence-corrected chi connectivity index (χ4v) is 3.52. The molecule has 1 fully saturated rings. The number of carbonyl (C=O) groups excluding carboxylic acids is 1. The molecule has 0 bridgehead atoms. The van der Waals surface area contributed by atoms with Crippen molar-refractivity contribution >= 4 is 11.7 Å². The van der Waals surface area contributed by atoms with Crippen molar-refractivity contribution < 1.29 is 18.7 Å². The quantitative estimate of drug-likeness (QED) is 0.831. The number of benzene rings is 2. The van der Waals surface area contributed by atoms with E-state index < -0.39 is 5.54 Å². The second-order valence-electron chi connectivity index (χ2n) is 6.44. The molecule has 1 saturated carbocycles. The van der Waals surface area contributed by atoms with E-state index >= 15 is 0 Å². The van der Waals surface area contributed by atoms with Gasteiger partial charge in [0.05, 0.1) is 25.4 Å². The Kier molecular flexibility index (Phi) is 5.30. The van der Waals surface area contributed by atoms with Crippen molar-refractivity contribution in [2.75, 3.05) is 19.5 Å². The van der Waals surface area contributed by atoms with Gasteiger partial charge in [-0.3, -0.25) is 0 Å². The van der Waals surface area contributed by atoms with Crippen LogP contribution in [-0.4, -0.2) is 20.3 Å². The highest BCUT2D eigenvalue weighted by Crippen LogP contribution is 2.39. The van der Waals surface area contributed by atoms with E-state index in [4.69, 9.17) is 9.47 Å². The minimum Gasteiger partial charge on any atom is -0.497 e. The highest BCUT2D eigenvalue weighted by molar-refractivity contribution is 5.91. The number of methoxy groups -OCH3 is 2. The number of ether oxygens (including phenoxy) is 2. The summed E-state index contributed by atoms with van der Waals surface area (Å²) < 4.78 is 23.8. The molecule has 3 rings (SSSR count). The minimum absolute atomic E-state index is 0.285. The molecule has 0 saturated heterocycles. The maximum Gasteiger partial charge on any atom is 0.320 e. The highest BCUT2D eigenvalue weighted by Gasteiger charge is 2.37. The van der Waals surface area contributed by atoms with Gasteiger partial charge in [-0.05, 0) is 42.7 Å². The van der Waals surface area contributed by atoms with Crippen molar-refractivity contribution in [1.82, 2.24) is 5.32 Å². The van der Waals surface area contributed by atoms with Crippen LogP contribution in [0.4, 0.5) is 14.9 Å². The van der Waals surface area contributed by atoms with Crippen LogP contribution >= 0.6 is 0 Å². The second-order valence-corrected chi connectivity index (χ2v) is 6.44. The van der Waals surface area contributed by atoms with Crippen LogP contribution in [0.15, 0.2) is 42.5 Å². The predicted molar refractivity (Wildman–Crippen MR) is 98.2 cm³/mol. The first-order valence-corrected chi connectivity index (χ1v) is 8.63. The van der Waals surface area contributed by atoms with Gasteiger partial charge in [0.15, 0.2) is 0 Å². The van der Waals surface area contributed by atoms with Crippen LogP contribution in [0.1, 0.15) is 31.2 Å². The number of halogens is 1. The van der Waals surface area contributed by atoms with Gasteiger partial charge in [0.1, 0.15) is 17.3 Å². The molecule has 2 aromatic carbocycles. The molecule has 0 radical (unpaired) electrons. The van der Waals surface area contributed by atoms with E-state index in [-0.39, 0.29) is 11.8 Å². The van der Waals surface area contributed by atoms with Gasteiger partial charge in [0, 0.05) is 6.07 Å². The van der Waals surface area contributed by atoms with Crippen LogP contribution in [0, 0.1) is 5.82 Å². The number of carbonyl (C=O) groups is 1. The molecule has 0 aromatic heterocycles. The predicted octanol–water partition coefficient (Wildman–Crippen LogP) is 4.43. The molecule has 1 aliphatic carbocycles. The SMILES string of the molecule is COc1ccc(OC)c(NC(=O)NC2(c3ccc(F)cc3)CCCC2)c1. The summed E-state index contributed by atoms with van der Waals surface area (Å²) >= 11 is 0. The molecule has 138 valence electrons. The van der Waals surface area contributed by atoms with Gasteiger partial charge < -0.3 is 20.1 Å². The Morgan fingerprint density at radius 3 is 2.35 bits per heavy atom. The van der Waals surface area contributed by atoms with Gasteiger partial charge in [-0.1, -0.05) is 25.0 Å². The van der Waals surface area contributed by atoms with E-state index in [1.165, 1.54) is 12.1 Å². The van der Waals surface area contributed by atoms with E-state index in [0.717, 1.165) is 31.2 Å². The molecule has 0 atom stereocenters. The Bertz CT molecular complexity index is 771. The van der Waals surface area contributed by atoms with Crippen LogP contribution in [0.25, 0.3) is 0 Å². The van der Waals surface area contributed by atoms with Crippen LogP contribution < -0.4 is 20.1 Å². The van der Waals surface area contributed by atoms with E-state index in [1.54, 1.807) is 44.6 Å². The lowest BCUT2D eigenvalue weighted by Gasteiger charge is -2.31. The summed E-state index contributed by atoms with van der Waals surface area (Å²) in [7, 11) is 3.11. The Labute approximate surface area is 152 Å². The molecule has 2 aromatic rings.